The number of ether oxygens (including phenoxy) is 3. The SMILES string of the molecule is CC(C)(C)OC(=O)NC(C(=O)c1ccc(OC2CCOC2)cc1)c1ccc(Cl)c(Cl)c1. The molecule has 1 fully saturated rings. The topological polar surface area (TPSA) is 73.9 Å². The van der Waals surface area contributed by atoms with Crippen molar-refractivity contribution in [2.75, 3.05) is 13.2 Å². The summed E-state index contributed by atoms with van der Waals surface area (Å²) >= 11 is 12.1. The van der Waals surface area contributed by atoms with Crippen molar-refractivity contribution in [3.8, 4) is 5.75 Å². The summed E-state index contributed by atoms with van der Waals surface area (Å²) in [7, 11) is 0. The van der Waals surface area contributed by atoms with E-state index in [2.05, 4.69) is 5.32 Å². The Kier molecular flexibility index (Phi) is 7.46. The highest BCUT2D eigenvalue weighted by Gasteiger charge is 2.27. The maximum absolute atomic E-state index is 13.3. The zero-order valence-corrected chi connectivity index (χ0v) is 19.1. The second kappa shape index (κ2) is 9.90. The lowest BCUT2D eigenvalue weighted by molar-refractivity contribution is 0.0490. The summed E-state index contributed by atoms with van der Waals surface area (Å²) in [6, 6.07) is 10.6. The van der Waals surface area contributed by atoms with E-state index in [9.17, 15) is 9.59 Å². The number of halogens is 2. The first-order chi connectivity index (χ1) is 14.6. The summed E-state index contributed by atoms with van der Waals surface area (Å²) in [6.45, 7) is 6.48. The van der Waals surface area contributed by atoms with Crippen LogP contribution in [-0.4, -0.2) is 36.8 Å². The molecule has 6 nitrogen and oxygen atoms in total. The summed E-state index contributed by atoms with van der Waals surface area (Å²) in [6.07, 6.45) is 0.136. The molecule has 0 radical (unpaired) electrons. The molecule has 1 aliphatic rings. The molecule has 2 unspecified atom stereocenters. The molecule has 1 aliphatic heterocycles. The van der Waals surface area contributed by atoms with Crippen LogP contribution in [0, 0.1) is 0 Å². The van der Waals surface area contributed by atoms with Crippen molar-refractivity contribution >= 4 is 35.1 Å². The van der Waals surface area contributed by atoms with Crippen molar-refractivity contribution in [1.29, 1.82) is 0 Å². The molecule has 2 aromatic rings. The summed E-state index contributed by atoms with van der Waals surface area (Å²) in [5.41, 5.74) is 0.189. The summed E-state index contributed by atoms with van der Waals surface area (Å²) in [5.74, 6) is 0.332. The van der Waals surface area contributed by atoms with Gasteiger partial charge in [-0.05, 0) is 62.7 Å². The normalized spacial score (nSPS) is 17.1. The minimum atomic E-state index is -1.00. The van der Waals surface area contributed by atoms with Crippen molar-refractivity contribution in [2.24, 2.45) is 0 Å². The van der Waals surface area contributed by atoms with Gasteiger partial charge >= 0.3 is 6.09 Å². The van der Waals surface area contributed by atoms with Gasteiger partial charge in [-0.1, -0.05) is 29.3 Å². The Balaban J connectivity index is 1.82. The molecule has 1 N–H and O–H groups in total. The zero-order chi connectivity index (χ0) is 22.6. The maximum Gasteiger partial charge on any atom is 0.408 e. The van der Waals surface area contributed by atoms with Gasteiger partial charge in [-0.2, -0.15) is 0 Å². The van der Waals surface area contributed by atoms with Gasteiger partial charge < -0.3 is 19.5 Å². The molecular weight excluding hydrogens is 441 g/mol. The molecule has 3 rings (SSSR count). The molecule has 1 saturated heterocycles. The zero-order valence-electron chi connectivity index (χ0n) is 17.6. The number of hydrogen-bond acceptors (Lipinski definition) is 5. The number of carbonyl (C=O) groups excluding carboxylic acids is 2. The molecule has 0 saturated carbocycles. The van der Waals surface area contributed by atoms with Crippen molar-refractivity contribution in [3.63, 3.8) is 0 Å². The third-order valence-electron chi connectivity index (χ3n) is 4.53. The van der Waals surface area contributed by atoms with E-state index in [0.717, 1.165) is 6.42 Å². The number of alkyl carbamates (subject to hydrolysis) is 1. The van der Waals surface area contributed by atoms with E-state index in [1.54, 1.807) is 63.2 Å². The van der Waals surface area contributed by atoms with Crippen LogP contribution in [0.3, 0.4) is 0 Å². The van der Waals surface area contributed by atoms with Gasteiger partial charge in [-0.15, -0.1) is 0 Å². The fourth-order valence-corrected chi connectivity index (χ4v) is 3.39. The van der Waals surface area contributed by atoms with Crippen LogP contribution in [-0.2, 0) is 9.47 Å². The summed E-state index contributed by atoms with van der Waals surface area (Å²) in [5, 5.41) is 3.28. The highest BCUT2D eigenvalue weighted by Crippen LogP contribution is 2.28. The highest BCUT2D eigenvalue weighted by atomic mass is 35.5. The van der Waals surface area contributed by atoms with E-state index in [1.807, 2.05) is 0 Å². The fraction of sp³-hybridized carbons (Fsp3) is 0.391. The molecule has 0 aromatic heterocycles. The number of benzene rings is 2. The first kappa shape index (κ1) is 23.4. The van der Waals surface area contributed by atoms with Crippen LogP contribution in [0.2, 0.25) is 10.0 Å². The molecule has 166 valence electrons. The van der Waals surface area contributed by atoms with Gasteiger partial charge in [-0.25, -0.2) is 4.79 Å². The summed E-state index contributed by atoms with van der Waals surface area (Å²) < 4.78 is 16.5. The van der Waals surface area contributed by atoms with Gasteiger partial charge in [0.2, 0.25) is 0 Å². The first-order valence-corrected chi connectivity index (χ1v) is 10.7. The number of nitrogens with one attached hydrogen (secondary N) is 1. The van der Waals surface area contributed by atoms with Crippen molar-refractivity contribution in [2.45, 2.75) is 44.9 Å². The Morgan fingerprint density at radius 3 is 2.39 bits per heavy atom. The molecule has 1 amide bonds. The lowest BCUT2D eigenvalue weighted by Crippen LogP contribution is -2.38. The minimum absolute atomic E-state index is 0.0133. The second-order valence-electron chi connectivity index (χ2n) is 8.24. The summed E-state index contributed by atoms with van der Waals surface area (Å²) in [4.78, 5) is 25.7. The number of rotatable bonds is 6. The van der Waals surface area contributed by atoms with Gasteiger partial charge in [0.05, 0.1) is 23.3 Å². The first-order valence-electron chi connectivity index (χ1n) is 9.95. The minimum Gasteiger partial charge on any atom is -0.488 e. The van der Waals surface area contributed by atoms with E-state index in [4.69, 9.17) is 37.4 Å². The van der Waals surface area contributed by atoms with Gasteiger partial charge in [0, 0.05) is 12.0 Å². The Labute approximate surface area is 191 Å². The van der Waals surface area contributed by atoms with Crippen LogP contribution < -0.4 is 10.1 Å². The Morgan fingerprint density at radius 2 is 1.81 bits per heavy atom. The molecule has 0 bridgehead atoms. The van der Waals surface area contributed by atoms with Crippen LogP contribution in [0.4, 0.5) is 4.79 Å². The standard InChI is InChI=1S/C23H25Cl2NO5/c1-23(2,3)31-22(28)26-20(15-6-9-18(24)19(25)12-15)21(27)14-4-7-16(8-5-14)30-17-10-11-29-13-17/h4-9,12,17,20H,10-11,13H2,1-3H3,(H,26,28). The van der Waals surface area contributed by atoms with E-state index < -0.39 is 17.7 Å². The highest BCUT2D eigenvalue weighted by molar-refractivity contribution is 6.42. The van der Waals surface area contributed by atoms with E-state index in [-0.39, 0.29) is 16.9 Å². The van der Waals surface area contributed by atoms with Gasteiger partial charge in [0.15, 0.2) is 5.78 Å². The molecule has 2 atom stereocenters. The second-order valence-corrected chi connectivity index (χ2v) is 9.06. The average Bonchev–Trinajstić information content (AvgIpc) is 3.20. The number of hydrogen-bond donors (Lipinski definition) is 1. The van der Waals surface area contributed by atoms with Crippen molar-refractivity contribution in [1.82, 2.24) is 5.32 Å². The van der Waals surface area contributed by atoms with Crippen molar-refractivity contribution < 1.29 is 23.8 Å². The molecule has 2 aromatic carbocycles. The lowest BCUT2D eigenvalue weighted by Gasteiger charge is -2.23. The molecule has 8 heteroatoms. The predicted octanol–water partition coefficient (Wildman–Crippen LogP) is 5.61. The Bertz CT molecular complexity index is 934. The molecule has 0 spiro atoms. The van der Waals surface area contributed by atoms with Crippen LogP contribution >= 0.6 is 23.2 Å². The monoisotopic (exact) mass is 465 g/mol. The number of amides is 1. The van der Waals surface area contributed by atoms with Crippen molar-refractivity contribution in [3.05, 3.63) is 63.6 Å². The number of Topliss-reactive ketones (excluding diaryl/α,β-unsaturated/α-hetero) is 1. The van der Waals surface area contributed by atoms with Crippen LogP contribution in [0.1, 0.15) is 49.2 Å². The Morgan fingerprint density at radius 1 is 1.10 bits per heavy atom. The van der Waals surface area contributed by atoms with E-state index >= 15 is 0 Å². The van der Waals surface area contributed by atoms with E-state index in [0.29, 0.717) is 35.1 Å². The third-order valence-corrected chi connectivity index (χ3v) is 5.27. The van der Waals surface area contributed by atoms with E-state index in [1.165, 1.54) is 0 Å². The number of ketones is 1. The van der Waals surface area contributed by atoms with Crippen LogP contribution in [0.25, 0.3) is 0 Å². The van der Waals surface area contributed by atoms with Crippen LogP contribution in [0.5, 0.6) is 5.75 Å². The third kappa shape index (κ3) is 6.60. The van der Waals surface area contributed by atoms with Crippen LogP contribution in [0.15, 0.2) is 42.5 Å². The Hall–Kier alpha value is -2.28. The molecular formula is C23H25Cl2NO5. The molecule has 31 heavy (non-hydrogen) atoms. The molecule has 0 aliphatic carbocycles. The van der Waals surface area contributed by atoms with Gasteiger partial charge in [0.25, 0.3) is 0 Å². The number of carbonyl (C=O) groups is 2. The predicted molar refractivity (Wildman–Crippen MR) is 119 cm³/mol. The maximum atomic E-state index is 13.3. The van der Waals surface area contributed by atoms with Gasteiger partial charge in [-0.3, -0.25) is 4.79 Å². The lowest BCUT2D eigenvalue weighted by atomic mass is 9.97. The largest absolute Gasteiger partial charge is 0.488 e. The quantitative estimate of drug-likeness (QED) is 0.561. The average molecular weight is 466 g/mol. The fourth-order valence-electron chi connectivity index (χ4n) is 3.08. The smallest absolute Gasteiger partial charge is 0.408 e. The van der Waals surface area contributed by atoms with Gasteiger partial charge in [0.1, 0.15) is 23.5 Å². The molecule has 1 heterocycles.